The van der Waals surface area contributed by atoms with Crippen LogP contribution in [0.4, 0.5) is 0 Å². The molecule has 0 radical (unpaired) electrons. The molecular formula is C14H18BrN3O2. The maximum Gasteiger partial charge on any atom is 0.261 e. The van der Waals surface area contributed by atoms with Gasteiger partial charge in [-0.2, -0.15) is 4.98 Å². The molecule has 2 rings (SSSR count). The van der Waals surface area contributed by atoms with Crippen LogP contribution in [-0.4, -0.2) is 17.3 Å². The zero-order valence-corrected chi connectivity index (χ0v) is 13.6. The maximum absolute atomic E-state index is 6.13. The highest BCUT2D eigenvalue weighted by Gasteiger charge is 2.27. The summed E-state index contributed by atoms with van der Waals surface area (Å²) in [7, 11) is 1.60. The summed E-state index contributed by atoms with van der Waals surface area (Å²) in [5.41, 5.74) is 6.75. The number of methoxy groups -OCH3 is 1. The third kappa shape index (κ3) is 3.02. The van der Waals surface area contributed by atoms with Crippen molar-refractivity contribution in [3.8, 4) is 17.2 Å². The van der Waals surface area contributed by atoms with Crippen molar-refractivity contribution in [3.63, 3.8) is 0 Å². The lowest BCUT2D eigenvalue weighted by Gasteiger charge is -2.23. The zero-order chi connectivity index (χ0) is 14.9. The fourth-order valence-electron chi connectivity index (χ4n) is 1.70. The van der Waals surface area contributed by atoms with Crippen molar-refractivity contribution in [2.75, 3.05) is 7.11 Å². The Labute approximate surface area is 126 Å². The Kier molecular flexibility index (Phi) is 4.15. The van der Waals surface area contributed by atoms with Crippen molar-refractivity contribution in [2.45, 2.75) is 26.8 Å². The van der Waals surface area contributed by atoms with Gasteiger partial charge < -0.3 is 15.0 Å². The standard InChI is InChI=1S/C14H18BrN3O2/c1-14(2,3)11(16)12-17-13(20-18-12)9-6-5-8(15)7-10(9)19-4/h5-7,11H,16H2,1-4H3. The normalized spacial score (nSPS) is 13.3. The Morgan fingerprint density at radius 3 is 2.65 bits per heavy atom. The summed E-state index contributed by atoms with van der Waals surface area (Å²) in [4.78, 5) is 4.39. The fraction of sp³-hybridized carbons (Fsp3) is 0.429. The average molecular weight is 340 g/mol. The first kappa shape index (κ1) is 15.0. The molecule has 1 heterocycles. The number of halogens is 1. The predicted molar refractivity (Wildman–Crippen MR) is 80.4 cm³/mol. The molecule has 0 saturated heterocycles. The molecule has 0 aliphatic heterocycles. The van der Waals surface area contributed by atoms with E-state index in [1.165, 1.54) is 0 Å². The SMILES string of the molecule is COc1cc(Br)ccc1-c1nc(C(N)C(C)(C)C)no1. The van der Waals surface area contributed by atoms with Crippen LogP contribution in [0.15, 0.2) is 27.2 Å². The van der Waals surface area contributed by atoms with Gasteiger partial charge in [0.05, 0.1) is 18.7 Å². The second-order valence-electron chi connectivity index (χ2n) is 5.65. The molecule has 0 bridgehead atoms. The van der Waals surface area contributed by atoms with E-state index in [1.54, 1.807) is 7.11 Å². The van der Waals surface area contributed by atoms with Crippen molar-refractivity contribution in [3.05, 3.63) is 28.5 Å². The third-order valence-corrected chi connectivity index (χ3v) is 3.54. The summed E-state index contributed by atoms with van der Waals surface area (Å²) in [6.07, 6.45) is 0. The van der Waals surface area contributed by atoms with E-state index in [2.05, 4.69) is 26.1 Å². The van der Waals surface area contributed by atoms with Gasteiger partial charge in [-0.1, -0.05) is 41.9 Å². The van der Waals surface area contributed by atoms with Gasteiger partial charge in [-0.05, 0) is 23.6 Å². The Morgan fingerprint density at radius 1 is 1.35 bits per heavy atom. The summed E-state index contributed by atoms with van der Waals surface area (Å²) in [5.74, 6) is 1.57. The van der Waals surface area contributed by atoms with Crippen LogP contribution in [0.1, 0.15) is 32.6 Å². The molecule has 2 N–H and O–H groups in total. The molecule has 1 unspecified atom stereocenters. The van der Waals surface area contributed by atoms with Crippen LogP contribution in [0.2, 0.25) is 0 Å². The van der Waals surface area contributed by atoms with E-state index in [9.17, 15) is 0 Å². The largest absolute Gasteiger partial charge is 0.496 e. The first-order valence-electron chi connectivity index (χ1n) is 6.26. The lowest BCUT2D eigenvalue weighted by molar-refractivity contribution is 0.303. The predicted octanol–water partition coefficient (Wildman–Crippen LogP) is 3.55. The van der Waals surface area contributed by atoms with Crippen molar-refractivity contribution in [2.24, 2.45) is 11.1 Å². The smallest absolute Gasteiger partial charge is 0.261 e. The highest BCUT2D eigenvalue weighted by atomic mass is 79.9. The molecule has 108 valence electrons. The topological polar surface area (TPSA) is 74.2 Å². The highest BCUT2D eigenvalue weighted by Crippen LogP contribution is 2.34. The summed E-state index contributed by atoms with van der Waals surface area (Å²) in [6.45, 7) is 6.11. The van der Waals surface area contributed by atoms with Crippen molar-refractivity contribution >= 4 is 15.9 Å². The first-order valence-corrected chi connectivity index (χ1v) is 7.05. The molecule has 0 aliphatic carbocycles. The van der Waals surface area contributed by atoms with Gasteiger partial charge in [0.1, 0.15) is 5.75 Å². The van der Waals surface area contributed by atoms with Gasteiger partial charge >= 0.3 is 0 Å². The van der Waals surface area contributed by atoms with E-state index in [0.29, 0.717) is 17.5 Å². The Balaban J connectivity index is 2.39. The zero-order valence-electron chi connectivity index (χ0n) is 12.0. The number of nitrogens with zero attached hydrogens (tertiary/aromatic N) is 2. The molecule has 1 aromatic carbocycles. The summed E-state index contributed by atoms with van der Waals surface area (Å²) in [6, 6.07) is 5.32. The minimum atomic E-state index is -0.290. The molecule has 0 amide bonds. The number of hydrogen-bond acceptors (Lipinski definition) is 5. The quantitative estimate of drug-likeness (QED) is 0.925. The molecule has 0 fully saturated rings. The Morgan fingerprint density at radius 2 is 2.05 bits per heavy atom. The molecular weight excluding hydrogens is 322 g/mol. The molecule has 0 saturated carbocycles. The molecule has 6 heteroatoms. The second-order valence-corrected chi connectivity index (χ2v) is 6.56. The average Bonchev–Trinajstić information content (AvgIpc) is 2.85. The number of aromatic nitrogens is 2. The van der Waals surface area contributed by atoms with E-state index in [0.717, 1.165) is 10.0 Å². The molecule has 0 aliphatic rings. The van der Waals surface area contributed by atoms with Crippen LogP contribution < -0.4 is 10.5 Å². The minimum absolute atomic E-state index is 0.134. The molecule has 1 atom stereocenters. The van der Waals surface area contributed by atoms with Crippen molar-refractivity contribution < 1.29 is 9.26 Å². The summed E-state index contributed by atoms with van der Waals surface area (Å²) >= 11 is 3.40. The molecule has 1 aromatic heterocycles. The van der Waals surface area contributed by atoms with Gasteiger partial charge in [-0.25, -0.2) is 0 Å². The van der Waals surface area contributed by atoms with E-state index in [-0.39, 0.29) is 11.5 Å². The number of nitrogens with two attached hydrogens (primary N) is 1. The lowest BCUT2D eigenvalue weighted by atomic mass is 9.87. The molecule has 0 spiro atoms. The first-order chi connectivity index (χ1) is 9.32. The van der Waals surface area contributed by atoms with Gasteiger partial charge in [0, 0.05) is 4.47 Å². The van der Waals surface area contributed by atoms with Crippen LogP contribution in [0.3, 0.4) is 0 Å². The Hall–Kier alpha value is -1.40. The van der Waals surface area contributed by atoms with E-state index >= 15 is 0 Å². The van der Waals surface area contributed by atoms with E-state index in [4.69, 9.17) is 15.0 Å². The Bertz CT molecular complexity index is 605. The van der Waals surface area contributed by atoms with Gasteiger partial charge in [-0.3, -0.25) is 0 Å². The minimum Gasteiger partial charge on any atom is -0.496 e. The monoisotopic (exact) mass is 339 g/mol. The van der Waals surface area contributed by atoms with Crippen LogP contribution in [-0.2, 0) is 0 Å². The van der Waals surface area contributed by atoms with Gasteiger partial charge in [0.15, 0.2) is 5.82 Å². The van der Waals surface area contributed by atoms with Gasteiger partial charge in [-0.15, -0.1) is 0 Å². The number of hydrogen-bond donors (Lipinski definition) is 1. The molecule has 5 nitrogen and oxygen atoms in total. The summed E-state index contributed by atoms with van der Waals surface area (Å²) < 4.78 is 11.6. The van der Waals surface area contributed by atoms with Crippen LogP contribution >= 0.6 is 15.9 Å². The van der Waals surface area contributed by atoms with E-state index in [1.807, 2.05) is 39.0 Å². The van der Waals surface area contributed by atoms with Crippen LogP contribution in [0, 0.1) is 5.41 Å². The van der Waals surface area contributed by atoms with E-state index < -0.39 is 0 Å². The van der Waals surface area contributed by atoms with Crippen molar-refractivity contribution in [1.29, 1.82) is 0 Å². The summed E-state index contributed by atoms with van der Waals surface area (Å²) in [5, 5.41) is 3.98. The maximum atomic E-state index is 6.13. The number of rotatable bonds is 3. The third-order valence-electron chi connectivity index (χ3n) is 3.05. The van der Waals surface area contributed by atoms with Crippen LogP contribution in [0.5, 0.6) is 5.75 Å². The highest BCUT2D eigenvalue weighted by molar-refractivity contribution is 9.10. The number of benzene rings is 1. The second kappa shape index (κ2) is 5.54. The molecule has 20 heavy (non-hydrogen) atoms. The van der Waals surface area contributed by atoms with Crippen LogP contribution in [0.25, 0.3) is 11.5 Å². The van der Waals surface area contributed by atoms with Crippen molar-refractivity contribution in [1.82, 2.24) is 10.1 Å². The van der Waals surface area contributed by atoms with Gasteiger partial charge in [0.25, 0.3) is 5.89 Å². The fourth-order valence-corrected chi connectivity index (χ4v) is 2.04. The lowest BCUT2D eigenvalue weighted by Crippen LogP contribution is -2.27. The molecule has 2 aromatic rings. The van der Waals surface area contributed by atoms with Gasteiger partial charge in [0.2, 0.25) is 0 Å². The number of ether oxygens (including phenoxy) is 1.